The van der Waals surface area contributed by atoms with Crippen LogP contribution in [0.2, 0.25) is 5.02 Å². The average Bonchev–Trinajstić information content (AvgIpc) is 2.92. The normalized spacial score (nSPS) is 17.4. The van der Waals surface area contributed by atoms with Crippen molar-refractivity contribution in [2.75, 3.05) is 14.2 Å². The van der Waals surface area contributed by atoms with Gasteiger partial charge in [-0.05, 0) is 31.4 Å². The maximum absolute atomic E-state index is 6.46. The predicted molar refractivity (Wildman–Crippen MR) is 85.5 cm³/mol. The standard InChI is InChI=1S/C15H17ClN2O2S/c1-19-11-7-6-8(12(16)13(11)20-2)15-18-10-5-3-4-9(17)14(10)21-15/h6-7,9H,3-5,17H2,1-2H3. The number of halogens is 1. The Balaban J connectivity index is 2.09. The molecule has 6 heteroatoms. The molecule has 2 aromatic rings. The third-order valence-electron chi connectivity index (χ3n) is 3.71. The van der Waals surface area contributed by atoms with Gasteiger partial charge in [0.2, 0.25) is 0 Å². The second kappa shape index (κ2) is 5.83. The lowest BCUT2D eigenvalue weighted by Crippen LogP contribution is -2.15. The molecule has 0 radical (unpaired) electrons. The predicted octanol–water partition coefficient (Wildman–Crippen LogP) is 3.82. The van der Waals surface area contributed by atoms with Crippen LogP contribution >= 0.6 is 22.9 Å². The molecule has 0 aliphatic heterocycles. The summed E-state index contributed by atoms with van der Waals surface area (Å²) in [4.78, 5) is 5.90. The summed E-state index contributed by atoms with van der Waals surface area (Å²) in [5, 5.41) is 1.42. The second-order valence-electron chi connectivity index (χ2n) is 4.99. The average molecular weight is 325 g/mol. The van der Waals surface area contributed by atoms with Crippen LogP contribution in [0.5, 0.6) is 11.5 Å². The molecule has 112 valence electrons. The molecule has 0 amide bonds. The number of benzene rings is 1. The summed E-state index contributed by atoms with van der Waals surface area (Å²) in [6.45, 7) is 0. The Bertz CT molecular complexity index is 672. The van der Waals surface area contributed by atoms with Crippen molar-refractivity contribution in [1.29, 1.82) is 0 Å². The fraction of sp³-hybridized carbons (Fsp3) is 0.400. The van der Waals surface area contributed by atoms with Crippen LogP contribution in [0.4, 0.5) is 0 Å². The summed E-state index contributed by atoms with van der Waals surface area (Å²) in [7, 11) is 3.17. The van der Waals surface area contributed by atoms with Gasteiger partial charge in [0.05, 0.1) is 24.9 Å². The molecule has 21 heavy (non-hydrogen) atoms. The molecule has 1 unspecified atom stereocenters. The van der Waals surface area contributed by atoms with Crippen LogP contribution < -0.4 is 15.2 Å². The van der Waals surface area contributed by atoms with Gasteiger partial charge >= 0.3 is 0 Å². The number of hydrogen-bond donors (Lipinski definition) is 1. The van der Waals surface area contributed by atoms with Crippen LogP contribution in [-0.4, -0.2) is 19.2 Å². The van der Waals surface area contributed by atoms with Gasteiger partial charge in [0.15, 0.2) is 11.5 Å². The van der Waals surface area contributed by atoms with Gasteiger partial charge in [-0.15, -0.1) is 11.3 Å². The highest BCUT2D eigenvalue weighted by atomic mass is 35.5. The quantitative estimate of drug-likeness (QED) is 0.932. The minimum Gasteiger partial charge on any atom is -0.493 e. The van der Waals surface area contributed by atoms with Gasteiger partial charge in [-0.2, -0.15) is 0 Å². The van der Waals surface area contributed by atoms with E-state index in [0.29, 0.717) is 16.5 Å². The van der Waals surface area contributed by atoms with Crippen molar-refractivity contribution >= 4 is 22.9 Å². The first-order valence-electron chi connectivity index (χ1n) is 6.81. The van der Waals surface area contributed by atoms with Gasteiger partial charge in [-0.25, -0.2) is 4.98 Å². The monoisotopic (exact) mass is 324 g/mol. The number of hydrogen-bond acceptors (Lipinski definition) is 5. The van der Waals surface area contributed by atoms with Crippen LogP contribution in [0.1, 0.15) is 29.5 Å². The molecule has 1 atom stereocenters. The van der Waals surface area contributed by atoms with Crippen LogP contribution in [0, 0.1) is 0 Å². The summed E-state index contributed by atoms with van der Waals surface area (Å²) in [5.74, 6) is 1.15. The maximum Gasteiger partial charge on any atom is 0.180 e. The number of aromatic nitrogens is 1. The highest BCUT2D eigenvalue weighted by Crippen LogP contribution is 2.44. The van der Waals surface area contributed by atoms with Crippen molar-refractivity contribution in [3.05, 3.63) is 27.7 Å². The van der Waals surface area contributed by atoms with E-state index in [1.165, 1.54) is 4.88 Å². The molecule has 1 heterocycles. The Labute approximate surface area is 132 Å². The summed E-state index contributed by atoms with van der Waals surface area (Å²) in [6.07, 6.45) is 3.11. The van der Waals surface area contributed by atoms with E-state index in [-0.39, 0.29) is 6.04 Å². The number of fused-ring (bicyclic) bond motifs is 1. The molecule has 3 rings (SSSR count). The van der Waals surface area contributed by atoms with Crippen molar-refractivity contribution < 1.29 is 9.47 Å². The van der Waals surface area contributed by atoms with Crippen LogP contribution in [0.3, 0.4) is 0 Å². The zero-order valence-corrected chi connectivity index (χ0v) is 13.6. The number of aryl methyl sites for hydroxylation is 1. The van der Waals surface area contributed by atoms with E-state index in [2.05, 4.69) is 0 Å². The Hall–Kier alpha value is -1.30. The van der Waals surface area contributed by atoms with Gasteiger partial charge < -0.3 is 15.2 Å². The molecule has 0 saturated heterocycles. The van der Waals surface area contributed by atoms with Crippen molar-refractivity contribution in [3.63, 3.8) is 0 Å². The molecule has 0 saturated carbocycles. The van der Waals surface area contributed by atoms with E-state index in [0.717, 1.165) is 35.5 Å². The summed E-state index contributed by atoms with van der Waals surface area (Å²) < 4.78 is 10.6. The summed E-state index contributed by atoms with van der Waals surface area (Å²) in [5.41, 5.74) is 8.14. The van der Waals surface area contributed by atoms with Crippen LogP contribution in [0.25, 0.3) is 10.6 Å². The molecule has 1 aromatic heterocycles. The molecule has 4 nitrogen and oxygen atoms in total. The summed E-state index contributed by atoms with van der Waals surface area (Å²) >= 11 is 8.08. The third-order valence-corrected chi connectivity index (χ3v) is 5.35. The Kier molecular flexibility index (Phi) is 4.06. The first-order chi connectivity index (χ1) is 10.2. The van der Waals surface area contributed by atoms with Gasteiger partial charge in [-0.1, -0.05) is 11.6 Å². The molecule has 1 aromatic carbocycles. The minimum absolute atomic E-state index is 0.0962. The SMILES string of the molecule is COc1ccc(-c2nc3c(s2)C(N)CCC3)c(Cl)c1OC. The molecule has 2 N–H and O–H groups in total. The highest BCUT2D eigenvalue weighted by molar-refractivity contribution is 7.15. The number of ether oxygens (including phenoxy) is 2. The number of thiazole rings is 1. The minimum atomic E-state index is 0.0962. The van der Waals surface area contributed by atoms with E-state index in [1.807, 2.05) is 12.1 Å². The van der Waals surface area contributed by atoms with Crippen molar-refractivity contribution in [2.24, 2.45) is 5.73 Å². The zero-order chi connectivity index (χ0) is 15.0. The highest BCUT2D eigenvalue weighted by Gasteiger charge is 2.24. The number of nitrogens with zero attached hydrogens (tertiary/aromatic N) is 1. The van der Waals surface area contributed by atoms with Crippen molar-refractivity contribution in [3.8, 4) is 22.1 Å². The molecule has 0 bridgehead atoms. The molecule has 0 fully saturated rings. The van der Waals surface area contributed by atoms with Gasteiger partial charge in [0, 0.05) is 16.5 Å². The molecule has 0 spiro atoms. The Morgan fingerprint density at radius 3 is 2.81 bits per heavy atom. The topological polar surface area (TPSA) is 57.4 Å². The largest absolute Gasteiger partial charge is 0.493 e. The maximum atomic E-state index is 6.46. The van der Waals surface area contributed by atoms with Crippen molar-refractivity contribution in [1.82, 2.24) is 4.98 Å². The molecule has 1 aliphatic carbocycles. The van der Waals surface area contributed by atoms with E-state index in [9.17, 15) is 0 Å². The number of methoxy groups -OCH3 is 2. The van der Waals surface area contributed by atoms with E-state index in [1.54, 1.807) is 25.6 Å². The fourth-order valence-corrected chi connectivity index (χ4v) is 4.18. The van der Waals surface area contributed by atoms with E-state index >= 15 is 0 Å². The Morgan fingerprint density at radius 2 is 2.14 bits per heavy atom. The van der Waals surface area contributed by atoms with Gasteiger partial charge in [0.25, 0.3) is 0 Å². The lowest BCUT2D eigenvalue weighted by molar-refractivity contribution is 0.355. The van der Waals surface area contributed by atoms with Crippen molar-refractivity contribution in [2.45, 2.75) is 25.3 Å². The van der Waals surface area contributed by atoms with Gasteiger partial charge in [-0.3, -0.25) is 0 Å². The lowest BCUT2D eigenvalue weighted by Gasteiger charge is -2.15. The molecule has 1 aliphatic rings. The second-order valence-corrected chi connectivity index (χ2v) is 6.40. The van der Waals surface area contributed by atoms with Gasteiger partial charge in [0.1, 0.15) is 5.01 Å². The van der Waals surface area contributed by atoms with Crippen LogP contribution in [-0.2, 0) is 6.42 Å². The number of rotatable bonds is 3. The Morgan fingerprint density at radius 1 is 1.33 bits per heavy atom. The van der Waals surface area contributed by atoms with Crippen LogP contribution in [0.15, 0.2) is 12.1 Å². The third kappa shape index (κ3) is 2.50. The fourth-order valence-electron chi connectivity index (χ4n) is 2.62. The molecular weight excluding hydrogens is 308 g/mol. The van der Waals surface area contributed by atoms with E-state index < -0.39 is 0 Å². The van der Waals surface area contributed by atoms with E-state index in [4.69, 9.17) is 31.8 Å². The molecular formula is C15H17ClN2O2S. The first kappa shape index (κ1) is 14.6. The number of nitrogens with two attached hydrogens (primary N) is 1. The summed E-state index contributed by atoms with van der Waals surface area (Å²) in [6, 6.07) is 3.86. The smallest absolute Gasteiger partial charge is 0.180 e. The zero-order valence-electron chi connectivity index (χ0n) is 12.0. The first-order valence-corrected chi connectivity index (χ1v) is 8.01. The lowest BCUT2D eigenvalue weighted by atomic mass is 9.99.